The summed E-state index contributed by atoms with van der Waals surface area (Å²) in [5.41, 5.74) is -0.281. The van der Waals surface area contributed by atoms with Gasteiger partial charge in [0.2, 0.25) is 15.9 Å². The van der Waals surface area contributed by atoms with Gasteiger partial charge in [-0.3, -0.25) is 4.79 Å². The molecular weight excluding hydrogens is 443 g/mol. The summed E-state index contributed by atoms with van der Waals surface area (Å²) >= 11 is 0. The zero-order valence-electron chi connectivity index (χ0n) is 16.1. The number of carbonyl (C=O) groups excluding carboxylic acids is 1. The van der Waals surface area contributed by atoms with E-state index in [1.165, 1.54) is 12.1 Å². The summed E-state index contributed by atoms with van der Waals surface area (Å²) < 4.78 is 90.5. The Balaban J connectivity index is 1.54. The molecule has 11 heteroatoms. The molecule has 31 heavy (non-hydrogen) atoms. The molecule has 2 aromatic rings. The number of amides is 1. The third-order valence-electron chi connectivity index (χ3n) is 5.10. The van der Waals surface area contributed by atoms with Gasteiger partial charge in [0, 0.05) is 25.6 Å². The van der Waals surface area contributed by atoms with Crippen LogP contribution in [0.25, 0.3) is 0 Å². The quantitative estimate of drug-likeness (QED) is 0.690. The number of benzene rings is 2. The first-order valence-corrected chi connectivity index (χ1v) is 10.8. The van der Waals surface area contributed by atoms with Gasteiger partial charge in [-0.15, -0.1) is 0 Å². The highest BCUT2D eigenvalue weighted by molar-refractivity contribution is 7.89. The number of hydrogen-bond donors (Lipinski definition) is 1. The smallest absolute Gasteiger partial charge is 0.352 e. The third-order valence-corrected chi connectivity index (χ3v) is 7.00. The fourth-order valence-electron chi connectivity index (χ4n) is 3.29. The first-order chi connectivity index (χ1) is 14.5. The van der Waals surface area contributed by atoms with E-state index in [2.05, 4.69) is 5.32 Å². The minimum absolute atomic E-state index is 0.0275. The molecule has 0 atom stereocenters. The molecular formula is C20H19F5N2O3S. The fraction of sp³-hybridized carbons (Fsp3) is 0.350. The Morgan fingerprint density at radius 2 is 1.61 bits per heavy atom. The van der Waals surface area contributed by atoms with Crippen molar-refractivity contribution in [3.63, 3.8) is 0 Å². The molecule has 0 aliphatic carbocycles. The van der Waals surface area contributed by atoms with E-state index in [1.807, 2.05) is 0 Å². The van der Waals surface area contributed by atoms with Crippen molar-refractivity contribution in [3.8, 4) is 0 Å². The molecule has 1 aliphatic rings. The van der Waals surface area contributed by atoms with E-state index in [0.717, 1.165) is 28.6 Å². The lowest BCUT2D eigenvalue weighted by Crippen LogP contribution is -2.42. The van der Waals surface area contributed by atoms with Crippen LogP contribution in [0.3, 0.4) is 0 Å². The molecule has 0 spiro atoms. The van der Waals surface area contributed by atoms with Gasteiger partial charge in [0.1, 0.15) is 0 Å². The van der Waals surface area contributed by atoms with Crippen LogP contribution in [0.5, 0.6) is 0 Å². The van der Waals surface area contributed by atoms with Crippen LogP contribution in [-0.2, 0) is 27.5 Å². The van der Waals surface area contributed by atoms with E-state index in [9.17, 15) is 35.2 Å². The Kier molecular flexibility index (Phi) is 6.65. The van der Waals surface area contributed by atoms with E-state index >= 15 is 0 Å². The van der Waals surface area contributed by atoms with Crippen molar-refractivity contribution < 1.29 is 35.2 Å². The Morgan fingerprint density at radius 1 is 1.00 bits per heavy atom. The zero-order valence-corrected chi connectivity index (χ0v) is 16.9. The van der Waals surface area contributed by atoms with Crippen molar-refractivity contribution in [3.05, 3.63) is 65.2 Å². The van der Waals surface area contributed by atoms with E-state index in [4.69, 9.17) is 0 Å². The highest BCUT2D eigenvalue weighted by atomic mass is 32.2. The molecule has 1 heterocycles. The number of sulfonamides is 1. The van der Waals surface area contributed by atoms with Gasteiger partial charge in [0.15, 0.2) is 11.6 Å². The highest BCUT2D eigenvalue weighted by Gasteiger charge is 2.33. The molecule has 1 fully saturated rings. The molecule has 0 bridgehead atoms. The Bertz CT molecular complexity index is 1050. The van der Waals surface area contributed by atoms with Gasteiger partial charge in [-0.05, 0) is 48.7 Å². The lowest BCUT2D eigenvalue weighted by Gasteiger charge is -2.30. The van der Waals surface area contributed by atoms with Gasteiger partial charge in [0.05, 0.1) is 10.5 Å². The maximum atomic E-state index is 13.4. The van der Waals surface area contributed by atoms with Crippen LogP contribution in [0.4, 0.5) is 22.0 Å². The average Bonchev–Trinajstić information content (AvgIpc) is 2.73. The number of alkyl halides is 3. The van der Waals surface area contributed by atoms with Crippen LogP contribution in [-0.4, -0.2) is 31.7 Å². The van der Waals surface area contributed by atoms with Crippen molar-refractivity contribution in [2.45, 2.75) is 30.5 Å². The van der Waals surface area contributed by atoms with Crippen LogP contribution in [0.2, 0.25) is 0 Å². The number of rotatable bonds is 5. The summed E-state index contributed by atoms with van der Waals surface area (Å²) in [5.74, 6) is -3.21. The second-order valence-electron chi connectivity index (χ2n) is 7.17. The summed E-state index contributed by atoms with van der Waals surface area (Å²) in [7, 11) is -4.02. The third kappa shape index (κ3) is 5.40. The van der Waals surface area contributed by atoms with Crippen molar-refractivity contribution in [1.82, 2.24) is 9.62 Å². The minimum Gasteiger partial charge on any atom is -0.352 e. The van der Waals surface area contributed by atoms with E-state index in [1.54, 1.807) is 0 Å². The summed E-state index contributed by atoms with van der Waals surface area (Å²) in [6, 6.07) is 6.76. The summed E-state index contributed by atoms with van der Waals surface area (Å²) in [5, 5.41) is 2.65. The molecule has 2 aromatic carbocycles. The second-order valence-corrected chi connectivity index (χ2v) is 9.10. The largest absolute Gasteiger partial charge is 0.416 e. The first kappa shape index (κ1) is 23.1. The number of carbonyl (C=O) groups is 1. The minimum atomic E-state index is -4.43. The van der Waals surface area contributed by atoms with Gasteiger partial charge in [-0.1, -0.05) is 12.1 Å². The molecule has 0 saturated carbocycles. The monoisotopic (exact) mass is 462 g/mol. The fourth-order valence-corrected chi connectivity index (χ4v) is 4.77. The number of nitrogens with one attached hydrogen (secondary N) is 1. The van der Waals surface area contributed by atoms with Gasteiger partial charge >= 0.3 is 6.18 Å². The van der Waals surface area contributed by atoms with Crippen LogP contribution in [0, 0.1) is 17.6 Å². The van der Waals surface area contributed by atoms with E-state index in [0.29, 0.717) is 11.6 Å². The molecule has 1 amide bonds. The maximum absolute atomic E-state index is 13.4. The summed E-state index contributed by atoms with van der Waals surface area (Å²) in [6.07, 6.45) is -3.99. The van der Waals surface area contributed by atoms with Gasteiger partial charge in [-0.25, -0.2) is 17.2 Å². The van der Waals surface area contributed by atoms with Crippen LogP contribution in [0.1, 0.15) is 24.0 Å². The molecule has 168 valence electrons. The molecule has 1 N–H and O–H groups in total. The number of hydrogen-bond acceptors (Lipinski definition) is 3. The molecule has 0 aromatic heterocycles. The Morgan fingerprint density at radius 3 is 2.16 bits per heavy atom. The van der Waals surface area contributed by atoms with Crippen LogP contribution >= 0.6 is 0 Å². The Labute approximate surface area is 175 Å². The topological polar surface area (TPSA) is 66.5 Å². The zero-order chi connectivity index (χ0) is 22.8. The van der Waals surface area contributed by atoms with Crippen molar-refractivity contribution >= 4 is 15.9 Å². The second kappa shape index (κ2) is 8.91. The van der Waals surface area contributed by atoms with Crippen molar-refractivity contribution in [2.75, 3.05) is 13.1 Å². The molecule has 5 nitrogen and oxygen atoms in total. The standard InChI is InChI=1S/C20H19F5N2O3S/c21-17-6-5-16(11-18(17)22)31(29,30)27-9-7-14(8-10-27)19(28)26-12-13-1-3-15(4-2-13)20(23,24)25/h1-6,11,14H,7-10,12H2,(H,26,28). The Hall–Kier alpha value is -2.53. The lowest BCUT2D eigenvalue weighted by atomic mass is 9.97. The lowest BCUT2D eigenvalue weighted by molar-refractivity contribution is -0.137. The SMILES string of the molecule is O=C(NCc1ccc(C(F)(F)F)cc1)C1CCN(S(=O)(=O)c2ccc(F)c(F)c2)CC1. The van der Waals surface area contributed by atoms with Gasteiger partial charge in [0.25, 0.3) is 0 Å². The van der Waals surface area contributed by atoms with Crippen molar-refractivity contribution in [2.24, 2.45) is 5.92 Å². The van der Waals surface area contributed by atoms with Crippen molar-refractivity contribution in [1.29, 1.82) is 0 Å². The normalized spacial score (nSPS) is 16.3. The molecule has 1 saturated heterocycles. The maximum Gasteiger partial charge on any atom is 0.416 e. The predicted octanol–water partition coefficient (Wildman–Crippen LogP) is 3.70. The van der Waals surface area contributed by atoms with E-state index in [-0.39, 0.29) is 43.3 Å². The van der Waals surface area contributed by atoms with Crippen LogP contribution < -0.4 is 5.32 Å². The first-order valence-electron chi connectivity index (χ1n) is 9.37. The van der Waals surface area contributed by atoms with Gasteiger partial charge < -0.3 is 5.32 Å². The van der Waals surface area contributed by atoms with Gasteiger partial charge in [-0.2, -0.15) is 17.5 Å². The number of piperidine rings is 1. The summed E-state index contributed by atoms with van der Waals surface area (Å²) in [4.78, 5) is 12.0. The van der Waals surface area contributed by atoms with Crippen LogP contribution in [0.15, 0.2) is 47.4 Å². The number of nitrogens with zero attached hydrogens (tertiary/aromatic N) is 1. The average molecular weight is 462 g/mol. The summed E-state index contributed by atoms with van der Waals surface area (Å²) in [6.45, 7) is 0.101. The predicted molar refractivity (Wildman–Crippen MR) is 101 cm³/mol. The van der Waals surface area contributed by atoms with E-state index < -0.39 is 39.3 Å². The number of halogens is 5. The molecule has 0 unspecified atom stereocenters. The molecule has 0 radical (unpaired) electrons. The molecule has 1 aliphatic heterocycles. The highest BCUT2D eigenvalue weighted by Crippen LogP contribution is 2.29. The molecule has 3 rings (SSSR count).